The molecule has 0 aliphatic heterocycles. The fraction of sp³-hybridized carbons (Fsp3) is 0.455. The van der Waals surface area contributed by atoms with Crippen molar-refractivity contribution in [2.75, 3.05) is 6.54 Å². The summed E-state index contributed by atoms with van der Waals surface area (Å²) in [5, 5.41) is 2.89. The van der Waals surface area contributed by atoms with Crippen LogP contribution >= 0.6 is 15.9 Å². The van der Waals surface area contributed by atoms with Gasteiger partial charge in [-0.1, -0.05) is 22.0 Å². The van der Waals surface area contributed by atoms with Crippen LogP contribution in [0.15, 0.2) is 22.7 Å². The van der Waals surface area contributed by atoms with Crippen LogP contribution in [0.5, 0.6) is 0 Å². The number of nitrogens with one attached hydrogen (secondary N) is 1. The van der Waals surface area contributed by atoms with Crippen molar-refractivity contribution in [2.24, 2.45) is 0 Å². The fourth-order valence-corrected chi connectivity index (χ4v) is 2.44. The highest BCUT2D eigenvalue weighted by Crippen LogP contribution is 2.32. The van der Waals surface area contributed by atoms with Gasteiger partial charge in [0.15, 0.2) is 0 Å². The molecule has 0 bridgehead atoms. The second kappa shape index (κ2) is 4.58. The normalized spacial score (nSPS) is 19.6. The minimum absolute atomic E-state index is 0.0992. The number of rotatable bonds is 3. The number of alkyl halides is 2. The summed E-state index contributed by atoms with van der Waals surface area (Å²) < 4.78 is 25.2. The molecular formula is C11H12BrF2N. The van der Waals surface area contributed by atoms with E-state index < -0.39 is 6.43 Å². The number of fused-ring (bicyclic) bond motifs is 1. The number of benzene rings is 1. The van der Waals surface area contributed by atoms with Gasteiger partial charge in [-0.25, -0.2) is 8.78 Å². The van der Waals surface area contributed by atoms with Gasteiger partial charge in [-0.05, 0) is 36.1 Å². The van der Waals surface area contributed by atoms with Gasteiger partial charge in [-0.2, -0.15) is 0 Å². The molecular weight excluding hydrogens is 264 g/mol. The Bertz CT molecular complexity index is 354. The summed E-state index contributed by atoms with van der Waals surface area (Å²) in [6.07, 6.45) is -0.390. The molecule has 0 radical (unpaired) electrons. The zero-order chi connectivity index (χ0) is 10.8. The van der Waals surface area contributed by atoms with E-state index in [1.165, 1.54) is 11.1 Å². The maximum atomic E-state index is 12.1. The Morgan fingerprint density at radius 1 is 1.47 bits per heavy atom. The molecule has 1 aliphatic rings. The first-order chi connectivity index (χ1) is 7.16. The van der Waals surface area contributed by atoms with Crippen LogP contribution in [0.2, 0.25) is 0 Å². The molecule has 1 aromatic carbocycles. The van der Waals surface area contributed by atoms with Crippen molar-refractivity contribution in [1.29, 1.82) is 0 Å². The third kappa shape index (κ3) is 2.55. The lowest BCUT2D eigenvalue weighted by atomic mass is 10.1. The van der Waals surface area contributed by atoms with E-state index in [-0.39, 0.29) is 12.6 Å². The molecule has 0 saturated carbocycles. The van der Waals surface area contributed by atoms with E-state index in [1.807, 2.05) is 12.1 Å². The Balaban J connectivity index is 2.08. The van der Waals surface area contributed by atoms with Crippen LogP contribution in [0, 0.1) is 0 Å². The van der Waals surface area contributed by atoms with Crippen LogP contribution in [0.3, 0.4) is 0 Å². The molecule has 1 atom stereocenters. The first-order valence-corrected chi connectivity index (χ1v) is 5.76. The van der Waals surface area contributed by atoms with Gasteiger partial charge in [0, 0.05) is 10.5 Å². The Labute approximate surface area is 96.0 Å². The van der Waals surface area contributed by atoms with Gasteiger partial charge in [0.05, 0.1) is 6.54 Å². The summed E-state index contributed by atoms with van der Waals surface area (Å²) in [6, 6.07) is 6.14. The summed E-state index contributed by atoms with van der Waals surface area (Å²) >= 11 is 3.41. The summed E-state index contributed by atoms with van der Waals surface area (Å²) in [7, 11) is 0. The van der Waals surface area contributed by atoms with E-state index in [9.17, 15) is 8.78 Å². The molecule has 1 N–H and O–H groups in total. The first-order valence-electron chi connectivity index (χ1n) is 4.96. The molecule has 2 rings (SSSR count). The molecule has 0 aromatic heterocycles. The maximum absolute atomic E-state index is 12.1. The second-order valence-corrected chi connectivity index (χ2v) is 4.65. The third-order valence-corrected chi connectivity index (χ3v) is 3.19. The zero-order valence-corrected chi connectivity index (χ0v) is 9.73. The lowest BCUT2D eigenvalue weighted by Gasteiger charge is -2.13. The summed E-state index contributed by atoms with van der Waals surface area (Å²) in [4.78, 5) is 0. The van der Waals surface area contributed by atoms with Crippen LogP contribution < -0.4 is 5.32 Å². The first kappa shape index (κ1) is 11.0. The average Bonchev–Trinajstić information content (AvgIpc) is 2.57. The monoisotopic (exact) mass is 275 g/mol. The fourth-order valence-electron chi connectivity index (χ4n) is 2.03. The van der Waals surface area contributed by atoms with Gasteiger partial charge in [0.1, 0.15) is 0 Å². The molecule has 0 spiro atoms. The van der Waals surface area contributed by atoms with E-state index in [0.717, 1.165) is 17.3 Å². The number of hydrogen-bond donors (Lipinski definition) is 1. The molecule has 1 aromatic rings. The minimum atomic E-state index is -2.27. The molecule has 0 amide bonds. The van der Waals surface area contributed by atoms with Crippen LogP contribution in [-0.4, -0.2) is 13.0 Å². The number of hydrogen-bond acceptors (Lipinski definition) is 1. The highest BCUT2D eigenvalue weighted by Gasteiger charge is 2.22. The second-order valence-electron chi connectivity index (χ2n) is 3.73. The maximum Gasteiger partial charge on any atom is 0.250 e. The van der Waals surface area contributed by atoms with Crippen molar-refractivity contribution < 1.29 is 8.78 Å². The van der Waals surface area contributed by atoms with Crippen LogP contribution in [-0.2, 0) is 6.42 Å². The van der Waals surface area contributed by atoms with Crippen molar-refractivity contribution in [3.05, 3.63) is 33.8 Å². The van der Waals surface area contributed by atoms with Crippen molar-refractivity contribution in [1.82, 2.24) is 5.32 Å². The minimum Gasteiger partial charge on any atom is -0.305 e. The predicted octanol–water partition coefficient (Wildman–Crippen LogP) is 3.29. The number of halogens is 3. The van der Waals surface area contributed by atoms with Gasteiger partial charge >= 0.3 is 0 Å². The SMILES string of the molecule is FC(F)CNC1CCc2cc(Br)ccc21. The lowest BCUT2D eigenvalue weighted by Crippen LogP contribution is -2.24. The van der Waals surface area contributed by atoms with Crippen LogP contribution in [0.1, 0.15) is 23.6 Å². The lowest BCUT2D eigenvalue weighted by molar-refractivity contribution is 0.141. The van der Waals surface area contributed by atoms with Crippen LogP contribution in [0.25, 0.3) is 0 Å². The molecule has 1 aliphatic carbocycles. The predicted molar refractivity (Wildman–Crippen MR) is 59.2 cm³/mol. The van der Waals surface area contributed by atoms with E-state index in [2.05, 4.69) is 27.3 Å². The number of aryl methyl sites for hydroxylation is 1. The average molecular weight is 276 g/mol. The van der Waals surface area contributed by atoms with Crippen molar-refractivity contribution in [2.45, 2.75) is 25.3 Å². The summed E-state index contributed by atoms with van der Waals surface area (Å²) in [5.41, 5.74) is 2.43. The van der Waals surface area contributed by atoms with Gasteiger partial charge in [0.2, 0.25) is 0 Å². The highest BCUT2D eigenvalue weighted by atomic mass is 79.9. The molecule has 4 heteroatoms. The van der Waals surface area contributed by atoms with Crippen LogP contribution in [0.4, 0.5) is 8.78 Å². The topological polar surface area (TPSA) is 12.0 Å². The third-order valence-electron chi connectivity index (χ3n) is 2.70. The Hall–Kier alpha value is -0.480. The largest absolute Gasteiger partial charge is 0.305 e. The van der Waals surface area contributed by atoms with Gasteiger partial charge in [0.25, 0.3) is 6.43 Å². The molecule has 0 fully saturated rings. The highest BCUT2D eigenvalue weighted by molar-refractivity contribution is 9.10. The zero-order valence-electron chi connectivity index (χ0n) is 8.14. The van der Waals surface area contributed by atoms with Gasteiger partial charge in [-0.3, -0.25) is 0 Å². The Kier molecular flexibility index (Phi) is 3.36. The Morgan fingerprint density at radius 3 is 3.00 bits per heavy atom. The van der Waals surface area contributed by atoms with E-state index in [0.29, 0.717) is 0 Å². The van der Waals surface area contributed by atoms with Gasteiger partial charge in [-0.15, -0.1) is 0 Å². The summed E-state index contributed by atoms with van der Waals surface area (Å²) in [5.74, 6) is 0. The van der Waals surface area contributed by atoms with Gasteiger partial charge < -0.3 is 5.32 Å². The standard InChI is InChI=1S/C11H12BrF2N/c12-8-2-3-9-7(5-8)1-4-10(9)15-6-11(13)14/h2-3,5,10-11,15H,1,4,6H2. The van der Waals surface area contributed by atoms with E-state index in [1.54, 1.807) is 0 Å². The van der Waals surface area contributed by atoms with Crippen molar-refractivity contribution in [3.63, 3.8) is 0 Å². The van der Waals surface area contributed by atoms with E-state index >= 15 is 0 Å². The van der Waals surface area contributed by atoms with Crippen molar-refractivity contribution >= 4 is 15.9 Å². The smallest absolute Gasteiger partial charge is 0.250 e. The van der Waals surface area contributed by atoms with E-state index in [4.69, 9.17) is 0 Å². The molecule has 0 saturated heterocycles. The molecule has 15 heavy (non-hydrogen) atoms. The Morgan fingerprint density at radius 2 is 2.27 bits per heavy atom. The van der Waals surface area contributed by atoms with Crippen molar-refractivity contribution in [3.8, 4) is 0 Å². The molecule has 0 heterocycles. The summed E-state index contributed by atoms with van der Waals surface area (Å²) in [6.45, 7) is -0.222. The quantitative estimate of drug-likeness (QED) is 0.893. The molecule has 1 nitrogen and oxygen atoms in total. The molecule has 82 valence electrons. The molecule has 1 unspecified atom stereocenters.